The Labute approximate surface area is 117 Å². The van der Waals surface area contributed by atoms with Gasteiger partial charge in [0.1, 0.15) is 0 Å². The highest BCUT2D eigenvalue weighted by Crippen LogP contribution is 2.20. The van der Waals surface area contributed by atoms with Gasteiger partial charge in [-0.2, -0.15) is 0 Å². The van der Waals surface area contributed by atoms with E-state index in [1.165, 1.54) is 0 Å². The molecule has 0 aromatic rings. The Hall–Kier alpha value is -0.200. The molecule has 0 fully saturated rings. The summed E-state index contributed by atoms with van der Waals surface area (Å²) in [6.07, 6.45) is -0.199. The fraction of sp³-hybridized carbons (Fsp3) is 1.00. The average molecular weight is 277 g/mol. The number of hydrogen-bond acceptors (Lipinski definition) is 5. The summed E-state index contributed by atoms with van der Waals surface area (Å²) in [7, 11) is 0. The van der Waals surface area contributed by atoms with E-state index in [1.54, 1.807) is 0 Å². The third-order valence-electron chi connectivity index (χ3n) is 2.49. The molecule has 2 unspecified atom stereocenters. The number of ether oxygens (including phenoxy) is 2. The summed E-state index contributed by atoms with van der Waals surface area (Å²) in [5.74, 6) is 0. The first-order valence-electron chi connectivity index (χ1n) is 7.07. The molecule has 0 rings (SSSR count). The molecule has 5 heteroatoms. The van der Waals surface area contributed by atoms with Crippen LogP contribution in [-0.2, 0) is 9.47 Å². The second kappa shape index (κ2) is 10.6. The topological polar surface area (TPSA) is 71.0 Å². The van der Waals surface area contributed by atoms with Crippen molar-refractivity contribution >= 4 is 0 Å². The molecule has 5 nitrogen and oxygen atoms in total. The van der Waals surface area contributed by atoms with E-state index < -0.39 is 6.10 Å². The summed E-state index contributed by atoms with van der Waals surface area (Å²) < 4.78 is 10.4. The van der Waals surface area contributed by atoms with Crippen LogP contribution in [0.5, 0.6) is 0 Å². The molecular weight excluding hydrogens is 246 g/mol. The minimum Gasteiger partial charge on any atom is -0.392 e. The monoisotopic (exact) mass is 277 g/mol. The second-order valence-corrected chi connectivity index (χ2v) is 6.00. The van der Waals surface area contributed by atoms with Crippen molar-refractivity contribution in [1.29, 1.82) is 0 Å². The Morgan fingerprint density at radius 3 is 2.16 bits per heavy atom. The molecule has 0 radical (unpaired) electrons. The predicted octanol–water partition coefficient (Wildman–Crippen LogP) is 0.787. The largest absolute Gasteiger partial charge is 0.392 e. The number of nitrogens with one attached hydrogen (secondary N) is 1. The molecule has 0 bridgehead atoms. The van der Waals surface area contributed by atoms with Gasteiger partial charge in [0, 0.05) is 19.7 Å². The van der Waals surface area contributed by atoms with Crippen LogP contribution >= 0.6 is 0 Å². The van der Waals surface area contributed by atoms with Crippen LogP contribution in [-0.4, -0.2) is 61.9 Å². The van der Waals surface area contributed by atoms with E-state index >= 15 is 0 Å². The summed E-state index contributed by atoms with van der Waals surface area (Å²) in [5.41, 5.74) is 0.113. The molecule has 0 aliphatic heterocycles. The van der Waals surface area contributed by atoms with Gasteiger partial charge in [-0.25, -0.2) is 0 Å². The first-order valence-corrected chi connectivity index (χ1v) is 7.07. The van der Waals surface area contributed by atoms with Gasteiger partial charge in [0.15, 0.2) is 0 Å². The van der Waals surface area contributed by atoms with Gasteiger partial charge in [-0.05, 0) is 18.8 Å². The Morgan fingerprint density at radius 2 is 1.58 bits per heavy atom. The first kappa shape index (κ1) is 18.8. The van der Waals surface area contributed by atoms with Gasteiger partial charge in [-0.15, -0.1) is 0 Å². The normalized spacial score (nSPS) is 15.5. The summed E-state index contributed by atoms with van der Waals surface area (Å²) in [5, 5.41) is 22.5. The maximum atomic E-state index is 9.78. The summed E-state index contributed by atoms with van der Waals surface area (Å²) in [4.78, 5) is 0. The van der Waals surface area contributed by atoms with E-state index in [1.807, 2.05) is 6.92 Å². The predicted molar refractivity (Wildman–Crippen MR) is 76.3 cm³/mol. The SMILES string of the molecule is CCOCCOCC(O)CNCC(O)CC(C)(C)C. The maximum absolute atomic E-state index is 9.78. The molecule has 0 saturated heterocycles. The van der Waals surface area contributed by atoms with Crippen LogP contribution in [0.3, 0.4) is 0 Å². The van der Waals surface area contributed by atoms with Gasteiger partial charge >= 0.3 is 0 Å². The van der Waals surface area contributed by atoms with Crippen LogP contribution < -0.4 is 5.32 Å². The molecule has 0 aliphatic rings. The fourth-order valence-corrected chi connectivity index (χ4v) is 1.74. The third kappa shape index (κ3) is 14.0. The zero-order valence-corrected chi connectivity index (χ0v) is 12.8. The minimum absolute atomic E-state index is 0.113. The summed E-state index contributed by atoms with van der Waals surface area (Å²) in [6.45, 7) is 11.2. The number of hydrogen-bond donors (Lipinski definition) is 3. The lowest BCUT2D eigenvalue weighted by atomic mass is 9.89. The quantitative estimate of drug-likeness (QED) is 0.487. The molecule has 2 atom stereocenters. The molecule has 116 valence electrons. The van der Waals surface area contributed by atoms with Crippen molar-refractivity contribution in [2.75, 3.05) is 39.5 Å². The molecule has 0 amide bonds. The molecule has 19 heavy (non-hydrogen) atoms. The van der Waals surface area contributed by atoms with Gasteiger partial charge < -0.3 is 25.0 Å². The third-order valence-corrected chi connectivity index (χ3v) is 2.49. The number of aliphatic hydroxyl groups is 2. The van der Waals surface area contributed by atoms with Crippen LogP contribution in [0, 0.1) is 5.41 Å². The summed E-state index contributed by atoms with van der Waals surface area (Å²) >= 11 is 0. The second-order valence-electron chi connectivity index (χ2n) is 6.00. The molecular formula is C14H31NO4. The smallest absolute Gasteiger partial charge is 0.0897 e. The molecule has 0 heterocycles. The lowest BCUT2D eigenvalue weighted by Gasteiger charge is -2.23. The van der Waals surface area contributed by atoms with E-state index in [0.717, 1.165) is 6.42 Å². The van der Waals surface area contributed by atoms with E-state index in [-0.39, 0.29) is 18.1 Å². The Kier molecular flexibility index (Phi) is 10.5. The highest BCUT2D eigenvalue weighted by Gasteiger charge is 2.16. The molecule has 0 spiro atoms. The highest BCUT2D eigenvalue weighted by atomic mass is 16.5. The van der Waals surface area contributed by atoms with Crippen molar-refractivity contribution in [3.63, 3.8) is 0 Å². The number of rotatable bonds is 11. The maximum Gasteiger partial charge on any atom is 0.0897 e. The van der Waals surface area contributed by atoms with Gasteiger partial charge in [0.2, 0.25) is 0 Å². The van der Waals surface area contributed by atoms with Crippen LogP contribution in [0.2, 0.25) is 0 Å². The zero-order chi connectivity index (χ0) is 14.7. The average Bonchev–Trinajstić information content (AvgIpc) is 2.26. The summed E-state index contributed by atoms with van der Waals surface area (Å²) in [6, 6.07) is 0. The molecule has 0 aliphatic carbocycles. The molecule has 0 aromatic carbocycles. The lowest BCUT2D eigenvalue weighted by molar-refractivity contribution is 0.00536. The van der Waals surface area contributed by atoms with Gasteiger partial charge in [0.25, 0.3) is 0 Å². The molecule has 3 N–H and O–H groups in total. The fourth-order valence-electron chi connectivity index (χ4n) is 1.74. The van der Waals surface area contributed by atoms with Crippen LogP contribution in [0.15, 0.2) is 0 Å². The first-order chi connectivity index (χ1) is 8.85. The van der Waals surface area contributed by atoms with Crippen molar-refractivity contribution in [1.82, 2.24) is 5.32 Å². The molecule has 0 aromatic heterocycles. The number of aliphatic hydroxyl groups excluding tert-OH is 2. The minimum atomic E-state index is -0.552. The Balaban J connectivity index is 3.44. The van der Waals surface area contributed by atoms with E-state index in [0.29, 0.717) is 32.9 Å². The van der Waals surface area contributed by atoms with Gasteiger partial charge in [-0.3, -0.25) is 0 Å². The standard InChI is InChI=1S/C14H31NO4/c1-5-18-6-7-19-11-13(17)10-15-9-12(16)8-14(2,3)4/h12-13,15-17H,5-11H2,1-4H3. The van der Waals surface area contributed by atoms with Crippen molar-refractivity contribution in [2.24, 2.45) is 5.41 Å². The zero-order valence-electron chi connectivity index (χ0n) is 12.8. The van der Waals surface area contributed by atoms with E-state index in [4.69, 9.17) is 9.47 Å². The Morgan fingerprint density at radius 1 is 1.00 bits per heavy atom. The lowest BCUT2D eigenvalue weighted by Crippen LogP contribution is -2.36. The van der Waals surface area contributed by atoms with E-state index in [2.05, 4.69) is 26.1 Å². The van der Waals surface area contributed by atoms with E-state index in [9.17, 15) is 10.2 Å². The highest BCUT2D eigenvalue weighted by molar-refractivity contribution is 4.70. The van der Waals surface area contributed by atoms with Crippen molar-refractivity contribution in [2.45, 2.75) is 46.3 Å². The van der Waals surface area contributed by atoms with Crippen LogP contribution in [0.25, 0.3) is 0 Å². The van der Waals surface area contributed by atoms with Crippen molar-refractivity contribution < 1.29 is 19.7 Å². The van der Waals surface area contributed by atoms with Gasteiger partial charge in [0.05, 0.1) is 32.0 Å². The van der Waals surface area contributed by atoms with Crippen LogP contribution in [0.1, 0.15) is 34.1 Å². The van der Waals surface area contributed by atoms with Crippen molar-refractivity contribution in [3.8, 4) is 0 Å². The van der Waals surface area contributed by atoms with Gasteiger partial charge in [-0.1, -0.05) is 20.8 Å². The van der Waals surface area contributed by atoms with Crippen LogP contribution in [0.4, 0.5) is 0 Å². The Bertz CT molecular complexity index is 206. The molecule has 0 saturated carbocycles. The van der Waals surface area contributed by atoms with Crippen molar-refractivity contribution in [3.05, 3.63) is 0 Å².